The molecule has 1 spiro atoms. The number of amides is 2. The van der Waals surface area contributed by atoms with Crippen molar-refractivity contribution in [2.24, 2.45) is 39.5 Å². The minimum Gasteiger partial charge on any atom is -0.481 e. The highest BCUT2D eigenvalue weighted by Crippen LogP contribution is 2.81. The third-order valence-corrected chi connectivity index (χ3v) is 9.28. The van der Waals surface area contributed by atoms with Gasteiger partial charge in [-0.1, -0.05) is 18.6 Å². The van der Waals surface area contributed by atoms with E-state index in [0.717, 1.165) is 50.9 Å². The molecule has 5 rings (SSSR count). The third kappa shape index (κ3) is 3.15. The number of carbonyl (C=O) groups is 2. The van der Waals surface area contributed by atoms with E-state index in [9.17, 15) is 9.59 Å². The molecule has 7 nitrogen and oxygen atoms in total. The van der Waals surface area contributed by atoms with Crippen LogP contribution in [0.2, 0.25) is 0 Å². The highest BCUT2D eigenvalue weighted by molar-refractivity contribution is 5.95. The molecular formula is C26H36N4O3. The number of likely N-dealkylation sites (tertiary alicyclic amines) is 1. The van der Waals surface area contributed by atoms with Crippen LogP contribution in [0.15, 0.2) is 30.5 Å². The molecule has 178 valence electrons. The molecule has 1 aromatic rings. The Morgan fingerprint density at radius 1 is 1.09 bits per heavy atom. The van der Waals surface area contributed by atoms with Crippen molar-refractivity contribution in [1.82, 2.24) is 9.88 Å². The van der Waals surface area contributed by atoms with Crippen molar-refractivity contribution in [3.8, 4) is 5.88 Å². The van der Waals surface area contributed by atoms with Gasteiger partial charge in [-0.25, -0.2) is 4.98 Å². The molecule has 0 radical (unpaired) electrons. The zero-order chi connectivity index (χ0) is 23.3. The Morgan fingerprint density at radius 2 is 1.76 bits per heavy atom. The Kier molecular flexibility index (Phi) is 5.51. The van der Waals surface area contributed by atoms with Gasteiger partial charge >= 0.3 is 0 Å². The second-order valence-corrected chi connectivity index (χ2v) is 10.6. The number of hydrogen-bond donors (Lipinski definition) is 2. The third-order valence-electron chi connectivity index (χ3n) is 9.28. The summed E-state index contributed by atoms with van der Waals surface area (Å²) >= 11 is 0. The molecule has 4 atom stereocenters. The number of rotatable bonds is 10. The fourth-order valence-electron chi connectivity index (χ4n) is 7.77. The molecule has 3 aliphatic carbocycles. The summed E-state index contributed by atoms with van der Waals surface area (Å²) in [6.45, 7) is 3.36. The highest BCUT2D eigenvalue weighted by atomic mass is 16.5. The number of carbonyl (C=O) groups excluding carboxylic acids is 2. The van der Waals surface area contributed by atoms with Gasteiger partial charge in [-0.3, -0.25) is 9.59 Å². The van der Waals surface area contributed by atoms with Crippen LogP contribution >= 0.6 is 0 Å². The lowest BCUT2D eigenvalue weighted by Crippen LogP contribution is -2.60. The summed E-state index contributed by atoms with van der Waals surface area (Å²) in [5.41, 5.74) is 11.4. The van der Waals surface area contributed by atoms with Crippen molar-refractivity contribution in [3.63, 3.8) is 0 Å². The van der Waals surface area contributed by atoms with Gasteiger partial charge in [0, 0.05) is 12.3 Å². The summed E-state index contributed by atoms with van der Waals surface area (Å²) in [5.74, 6) is -0.359. The molecule has 2 amide bonds. The fourth-order valence-corrected chi connectivity index (χ4v) is 7.77. The smallest absolute Gasteiger partial charge is 0.225 e. The minimum atomic E-state index is -1.03. The Morgan fingerprint density at radius 3 is 2.36 bits per heavy atom. The van der Waals surface area contributed by atoms with Crippen LogP contribution < -0.4 is 16.2 Å². The van der Waals surface area contributed by atoms with E-state index in [2.05, 4.69) is 22.0 Å². The molecule has 7 heteroatoms. The number of unbranched alkanes of at least 4 members (excludes halogenated alkanes) is 1. The van der Waals surface area contributed by atoms with E-state index in [0.29, 0.717) is 18.7 Å². The first-order valence-electron chi connectivity index (χ1n) is 12.4. The molecule has 1 aromatic heterocycles. The van der Waals surface area contributed by atoms with Crippen molar-refractivity contribution in [2.45, 2.75) is 51.4 Å². The van der Waals surface area contributed by atoms with E-state index in [-0.39, 0.29) is 23.2 Å². The Bertz CT molecular complexity index is 968. The van der Waals surface area contributed by atoms with E-state index in [1.807, 2.05) is 12.1 Å². The first-order chi connectivity index (χ1) is 15.9. The molecule has 4 N–H and O–H groups in total. The lowest BCUT2D eigenvalue weighted by atomic mass is 9.53. The van der Waals surface area contributed by atoms with Crippen LogP contribution in [0.5, 0.6) is 5.88 Å². The lowest BCUT2D eigenvalue weighted by Gasteiger charge is -2.48. The van der Waals surface area contributed by atoms with Gasteiger partial charge in [-0.15, -0.1) is 0 Å². The number of allylic oxidation sites excluding steroid dienone is 2. The number of nitrogens with zero attached hydrogens (tertiary/aromatic N) is 2. The molecule has 4 aliphatic rings. The molecular weight excluding hydrogens is 416 g/mol. The maximum absolute atomic E-state index is 13.5. The Labute approximate surface area is 195 Å². The lowest BCUT2D eigenvalue weighted by molar-refractivity contribution is -0.151. The summed E-state index contributed by atoms with van der Waals surface area (Å²) < 4.78 is 5.32. The molecule has 33 heavy (non-hydrogen) atoms. The second kappa shape index (κ2) is 8.12. The predicted molar refractivity (Wildman–Crippen MR) is 125 cm³/mol. The summed E-state index contributed by atoms with van der Waals surface area (Å²) in [4.78, 5) is 33.6. The fraction of sp³-hybridized carbons (Fsp3) is 0.654. The van der Waals surface area contributed by atoms with E-state index in [1.165, 1.54) is 12.8 Å². The van der Waals surface area contributed by atoms with Crippen LogP contribution in [0, 0.1) is 28.1 Å². The van der Waals surface area contributed by atoms with Gasteiger partial charge in [0.2, 0.25) is 17.7 Å². The van der Waals surface area contributed by atoms with Crippen LogP contribution in [-0.4, -0.2) is 48.4 Å². The minimum absolute atomic E-state index is 0.0180. The molecule has 2 bridgehead atoms. The van der Waals surface area contributed by atoms with Crippen molar-refractivity contribution >= 4 is 11.8 Å². The number of aromatic nitrogens is 1. The van der Waals surface area contributed by atoms with Crippen LogP contribution in [0.1, 0.15) is 50.5 Å². The van der Waals surface area contributed by atoms with E-state index in [4.69, 9.17) is 16.2 Å². The average molecular weight is 453 g/mol. The van der Waals surface area contributed by atoms with Crippen molar-refractivity contribution in [1.29, 1.82) is 0 Å². The van der Waals surface area contributed by atoms with E-state index >= 15 is 0 Å². The first-order valence-corrected chi connectivity index (χ1v) is 12.4. The van der Waals surface area contributed by atoms with Gasteiger partial charge in [-0.05, 0) is 93.5 Å². The van der Waals surface area contributed by atoms with Crippen molar-refractivity contribution in [2.75, 3.05) is 26.7 Å². The average Bonchev–Trinajstić information content (AvgIpc) is 3.17. The van der Waals surface area contributed by atoms with Gasteiger partial charge in [0.25, 0.3) is 0 Å². The van der Waals surface area contributed by atoms with Crippen LogP contribution in [-0.2, 0) is 16.0 Å². The number of nitrogens with two attached hydrogens (primary N) is 2. The summed E-state index contributed by atoms with van der Waals surface area (Å²) in [5, 5.41) is 0. The molecule has 2 heterocycles. The molecule has 1 saturated heterocycles. The van der Waals surface area contributed by atoms with Crippen LogP contribution in [0.25, 0.3) is 0 Å². The normalized spacial score (nSPS) is 33.6. The van der Waals surface area contributed by atoms with Gasteiger partial charge in [0.05, 0.1) is 17.9 Å². The number of ether oxygens (including phenoxy) is 1. The van der Waals surface area contributed by atoms with Gasteiger partial charge in [0.15, 0.2) is 0 Å². The summed E-state index contributed by atoms with van der Waals surface area (Å²) in [6.07, 6.45) is 13.4. The predicted octanol–water partition coefficient (Wildman–Crippen LogP) is 2.44. The van der Waals surface area contributed by atoms with Gasteiger partial charge < -0.3 is 21.1 Å². The number of hydrogen-bond acceptors (Lipinski definition) is 5. The molecule has 2 saturated carbocycles. The Balaban J connectivity index is 1.51. The Hall–Kier alpha value is -2.41. The van der Waals surface area contributed by atoms with Crippen molar-refractivity contribution in [3.05, 3.63) is 36.0 Å². The molecule has 3 fully saturated rings. The molecule has 0 unspecified atom stereocenters. The van der Waals surface area contributed by atoms with Crippen LogP contribution in [0.4, 0.5) is 0 Å². The van der Waals surface area contributed by atoms with E-state index < -0.39 is 16.7 Å². The van der Waals surface area contributed by atoms with Gasteiger partial charge in [-0.2, -0.15) is 0 Å². The van der Waals surface area contributed by atoms with Crippen molar-refractivity contribution < 1.29 is 14.3 Å². The number of pyridine rings is 1. The second-order valence-electron chi connectivity index (χ2n) is 10.6. The molecule has 1 aliphatic heterocycles. The molecule has 0 aromatic carbocycles. The topological polar surface area (TPSA) is 112 Å². The highest BCUT2D eigenvalue weighted by Gasteiger charge is 2.81. The monoisotopic (exact) mass is 452 g/mol. The van der Waals surface area contributed by atoms with Gasteiger partial charge in [0.1, 0.15) is 0 Å². The summed E-state index contributed by atoms with van der Waals surface area (Å²) in [7, 11) is 1.57. The SMILES string of the molecule is COc1cc(C[C@@]2(C(N)=O)[C@H]3C=C[C@H](C34CC4)[C@@]2(CCCCN2CCCC2)C(N)=O)ccn1. The maximum Gasteiger partial charge on any atom is 0.225 e. The number of methoxy groups -OCH3 is 1. The standard InChI is InChI=1S/C26H36N4O3/c1-33-21-16-18(8-12-29-21)17-26(23(28)32)20-7-6-19(24(20)10-11-24)25(26,22(27)31)9-2-3-13-30-14-4-5-15-30/h6-8,12,16,19-20H,2-5,9-11,13-15,17H2,1H3,(H2,27,31)(H2,28,32)/t19-,20+,25+,26+/m1/s1. The number of primary amides is 2. The van der Waals surface area contributed by atoms with Crippen LogP contribution in [0.3, 0.4) is 0 Å². The summed E-state index contributed by atoms with van der Waals surface area (Å²) in [6, 6.07) is 3.74. The zero-order valence-corrected chi connectivity index (χ0v) is 19.6. The first kappa shape index (κ1) is 22.4. The maximum atomic E-state index is 13.5. The van der Waals surface area contributed by atoms with E-state index in [1.54, 1.807) is 13.3 Å². The zero-order valence-electron chi connectivity index (χ0n) is 19.6. The quantitative estimate of drug-likeness (QED) is 0.418. The largest absolute Gasteiger partial charge is 0.481 e.